The highest BCUT2D eigenvalue weighted by Crippen LogP contribution is 2.34. The molecule has 0 radical (unpaired) electrons. The first kappa shape index (κ1) is 12.0. The van der Waals surface area contributed by atoms with E-state index in [0.29, 0.717) is 0 Å². The van der Waals surface area contributed by atoms with Gasteiger partial charge in [-0.3, -0.25) is 0 Å². The number of carbonyl (C=O) groups excluding carboxylic acids is 1. The van der Waals surface area contributed by atoms with Gasteiger partial charge in [-0.25, -0.2) is 4.79 Å². The Kier molecular flexibility index (Phi) is 2.86. The molecule has 0 spiro atoms. The van der Waals surface area contributed by atoms with E-state index in [4.69, 9.17) is 5.73 Å². The second kappa shape index (κ2) is 4.06. The van der Waals surface area contributed by atoms with Crippen LogP contribution in [0.15, 0.2) is 18.2 Å². The second-order valence-corrected chi connectivity index (χ2v) is 5.76. The summed E-state index contributed by atoms with van der Waals surface area (Å²) < 4.78 is 0. The Morgan fingerprint density at radius 1 is 1.41 bits per heavy atom. The predicted molar refractivity (Wildman–Crippen MR) is 68.9 cm³/mol. The lowest BCUT2D eigenvalue weighted by atomic mass is 9.85. The molecule has 0 saturated carbocycles. The topological polar surface area (TPSA) is 55.1 Å². The summed E-state index contributed by atoms with van der Waals surface area (Å²) in [6.45, 7) is 6.63. The van der Waals surface area contributed by atoms with Crippen LogP contribution in [0, 0.1) is 0 Å². The van der Waals surface area contributed by atoms with Crippen molar-refractivity contribution in [1.29, 1.82) is 0 Å². The lowest BCUT2D eigenvalue weighted by Gasteiger charge is -2.20. The van der Waals surface area contributed by atoms with Crippen LogP contribution in [0.4, 0.5) is 4.79 Å². The largest absolute Gasteiger partial charge is 0.352 e. The highest BCUT2D eigenvalue weighted by Gasteiger charge is 2.25. The van der Waals surface area contributed by atoms with Crippen molar-refractivity contribution in [1.82, 2.24) is 5.32 Å². The van der Waals surface area contributed by atoms with Crippen LogP contribution >= 0.6 is 0 Å². The van der Waals surface area contributed by atoms with E-state index < -0.39 is 6.03 Å². The zero-order valence-corrected chi connectivity index (χ0v) is 10.7. The molecule has 3 heteroatoms. The summed E-state index contributed by atoms with van der Waals surface area (Å²) in [5, 5.41) is 2.79. The number of fused-ring (bicyclic) bond motifs is 1. The van der Waals surface area contributed by atoms with E-state index in [2.05, 4.69) is 44.3 Å². The third-order valence-electron chi connectivity index (χ3n) is 3.40. The Morgan fingerprint density at radius 3 is 2.71 bits per heavy atom. The summed E-state index contributed by atoms with van der Waals surface area (Å²) in [6.07, 6.45) is 1.97. The zero-order chi connectivity index (χ0) is 12.6. The van der Waals surface area contributed by atoms with E-state index in [-0.39, 0.29) is 11.5 Å². The fourth-order valence-electron chi connectivity index (χ4n) is 2.41. The van der Waals surface area contributed by atoms with Gasteiger partial charge in [-0.2, -0.15) is 0 Å². The number of benzene rings is 1. The number of aryl methyl sites for hydroxylation is 1. The van der Waals surface area contributed by atoms with E-state index in [0.717, 1.165) is 12.8 Å². The normalized spacial score (nSPS) is 18.9. The van der Waals surface area contributed by atoms with Gasteiger partial charge in [0.2, 0.25) is 0 Å². The van der Waals surface area contributed by atoms with Crippen molar-refractivity contribution < 1.29 is 4.79 Å². The maximum atomic E-state index is 10.9. The zero-order valence-electron chi connectivity index (χ0n) is 10.7. The molecule has 2 amide bonds. The lowest BCUT2D eigenvalue weighted by Crippen LogP contribution is -2.32. The van der Waals surface area contributed by atoms with Gasteiger partial charge >= 0.3 is 6.03 Å². The Labute approximate surface area is 102 Å². The van der Waals surface area contributed by atoms with Crippen molar-refractivity contribution in [3.05, 3.63) is 34.9 Å². The molecule has 3 N–H and O–H groups in total. The Hall–Kier alpha value is -1.51. The number of rotatable bonds is 1. The van der Waals surface area contributed by atoms with Crippen molar-refractivity contribution in [3.63, 3.8) is 0 Å². The standard InChI is InChI=1S/C14H20N2O/c1-14(2,3)10-5-6-11-9(8-10)4-7-12(11)16-13(15)17/h5-6,8,12H,4,7H2,1-3H3,(H3,15,16,17)/t12-/m0/s1. The summed E-state index contributed by atoms with van der Waals surface area (Å²) in [5.41, 5.74) is 9.26. The first-order valence-electron chi connectivity index (χ1n) is 6.07. The highest BCUT2D eigenvalue weighted by atomic mass is 16.2. The molecule has 0 heterocycles. The fourth-order valence-corrected chi connectivity index (χ4v) is 2.41. The van der Waals surface area contributed by atoms with Crippen molar-refractivity contribution in [2.45, 2.75) is 45.1 Å². The molecular weight excluding hydrogens is 212 g/mol. The van der Waals surface area contributed by atoms with E-state index in [1.54, 1.807) is 0 Å². The van der Waals surface area contributed by atoms with Gasteiger partial charge in [0, 0.05) is 0 Å². The van der Waals surface area contributed by atoms with Crippen LogP contribution in [-0.2, 0) is 11.8 Å². The van der Waals surface area contributed by atoms with Crippen LogP contribution in [0.5, 0.6) is 0 Å². The van der Waals surface area contributed by atoms with Crippen LogP contribution in [0.3, 0.4) is 0 Å². The monoisotopic (exact) mass is 232 g/mol. The number of hydrogen-bond donors (Lipinski definition) is 2. The number of nitrogens with two attached hydrogens (primary N) is 1. The van der Waals surface area contributed by atoms with Gasteiger partial charge in [0.15, 0.2) is 0 Å². The van der Waals surface area contributed by atoms with E-state index in [9.17, 15) is 4.79 Å². The lowest BCUT2D eigenvalue weighted by molar-refractivity contribution is 0.245. The molecule has 0 saturated heterocycles. The summed E-state index contributed by atoms with van der Waals surface area (Å²) in [4.78, 5) is 10.9. The average Bonchev–Trinajstić information content (AvgIpc) is 2.59. The molecule has 0 bridgehead atoms. The highest BCUT2D eigenvalue weighted by molar-refractivity contribution is 5.72. The smallest absolute Gasteiger partial charge is 0.312 e. The maximum absolute atomic E-state index is 10.9. The first-order chi connectivity index (χ1) is 7.88. The Bertz CT molecular complexity index is 446. The number of nitrogens with one attached hydrogen (secondary N) is 1. The second-order valence-electron chi connectivity index (χ2n) is 5.76. The Balaban J connectivity index is 2.29. The first-order valence-corrected chi connectivity index (χ1v) is 6.07. The number of carbonyl (C=O) groups is 1. The number of hydrogen-bond acceptors (Lipinski definition) is 1. The minimum Gasteiger partial charge on any atom is -0.352 e. The minimum atomic E-state index is -0.442. The van der Waals surface area contributed by atoms with Gasteiger partial charge in [-0.15, -0.1) is 0 Å². The van der Waals surface area contributed by atoms with Gasteiger partial charge in [0.1, 0.15) is 0 Å². The average molecular weight is 232 g/mol. The number of amides is 2. The molecule has 0 unspecified atom stereocenters. The molecule has 1 atom stereocenters. The van der Waals surface area contributed by atoms with E-state index >= 15 is 0 Å². The Morgan fingerprint density at radius 2 is 2.12 bits per heavy atom. The molecule has 3 nitrogen and oxygen atoms in total. The van der Waals surface area contributed by atoms with E-state index in [1.165, 1.54) is 16.7 Å². The molecule has 0 fully saturated rings. The van der Waals surface area contributed by atoms with Crippen molar-refractivity contribution in [2.75, 3.05) is 0 Å². The molecular formula is C14H20N2O. The molecule has 1 aliphatic carbocycles. The fraction of sp³-hybridized carbons (Fsp3) is 0.500. The van der Waals surface area contributed by atoms with Crippen LogP contribution in [0.1, 0.15) is 49.9 Å². The number of urea groups is 1. The van der Waals surface area contributed by atoms with Crippen molar-refractivity contribution in [2.24, 2.45) is 5.73 Å². The summed E-state index contributed by atoms with van der Waals surface area (Å²) in [7, 11) is 0. The van der Waals surface area contributed by atoms with Gasteiger partial charge in [-0.1, -0.05) is 39.0 Å². The van der Waals surface area contributed by atoms with Crippen molar-refractivity contribution in [3.8, 4) is 0 Å². The summed E-state index contributed by atoms with van der Waals surface area (Å²) in [5.74, 6) is 0. The molecule has 92 valence electrons. The maximum Gasteiger partial charge on any atom is 0.312 e. The predicted octanol–water partition coefficient (Wildman–Crippen LogP) is 2.64. The third kappa shape index (κ3) is 2.43. The molecule has 1 aromatic carbocycles. The molecule has 1 aromatic rings. The van der Waals surface area contributed by atoms with Gasteiger partial charge in [0.25, 0.3) is 0 Å². The van der Waals surface area contributed by atoms with Gasteiger partial charge < -0.3 is 11.1 Å². The van der Waals surface area contributed by atoms with Crippen LogP contribution in [0.25, 0.3) is 0 Å². The quantitative estimate of drug-likeness (QED) is 0.768. The third-order valence-corrected chi connectivity index (χ3v) is 3.40. The van der Waals surface area contributed by atoms with Gasteiger partial charge in [0.05, 0.1) is 6.04 Å². The summed E-state index contributed by atoms with van der Waals surface area (Å²) >= 11 is 0. The molecule has 0 aromatic heterocycles. The number of primary amides is 1. The van der Waals surface area contributed by atoms with Crippen molar-refractivity contribution >= 4 is 6.03 Å². The molecule has 2 rings (SSSR count). The molecule has 0 aliphatic heterocycles. The minimum absolute atomic E-state index is 0.0940. The van der Waals surface area contributed by atoms with Crippen LogP contribution in [0.2, 0.25) is 0 Å². The van der Waals surface area contributed by atoms with Crippen LogP contribution < -0.4 is 11.1 Å². The van der Waals surface area contributed by atoms with Crippen LogP contribution in [-0.4, -0.2) is 6.03 Å². The molecule has 1 aliphatic rings. The molecule has 17 heavy (non-hydrogen) atoms. The summed E-state index contributed by atoms with van der Waals surface area (Å²) in [6, 6.07) is 6.20. The van der Waals surface area contributed by atoms with Gasteiger partial charge in [-0.05, 0) is 34.9 Å². The van der Waals surface area contributed by atoms with E-state index in [1.807, 2.05) is 0 Å². The SMILES string of the molecule is CC(C)(C)c1ccc2c(c1)CC[C@@H]2NC(N)=O.